The van der Waals surface area contributed by atoms with Gasteiger partial charge in [0.2, 0.25) is 5.91 Å². The van der Waals surface area contributed by atoms with E-state index in [4.69, 9.17) is 5.73 Å². The molecule has 3 aromatic rings. The van der Waals surface area contributed by atoms with Gasteiger partial charge in [0.1, 0.15) is 0 Å². The molecule has 146 valence electrons. The van der Waals surface area contributed by atoms with Crippen LogP contribution in [0.5, 0.6) is 0 Å². The predicted molar refractivity (Wildman–Crippen MR) is 115 cm³/mol. The first kappa shape index (κ1) is 18.7. The quantitative estimate of drug-likeness (QED) is 0.720. The maximum Gasteiger partial charge on any atom is 0.244 e. The predicted octanol–water partition coefficient (Wildman–Crippen LogP) is 2.80. The Balaban J connectivity index is 1.57. The van der Waals surface area contributed by atoms with Gasteiger partial charge in [0.25, 0.3) is 0 Å². The summed E-state index contributed by atoms with van der Waals surface area (Å²) in [5, 5.41) is 1.13. The number of hydrogen-bond donors (Lipinski definition) is 2. The molecule has 0 saturated heterocycles. The van der Waals surface area contributed by atoms with E-state index >= 15 is 0 Å². The molecule has 5 nitrogen and oxygen atoms in total. The fourth-order valence-electron chi connectivity index (χ4n) is 4.35. The number of H-pyrrole nitrogens is 1. The van der Waals surface area contributed by atoms with Gasteiger partial charge in [-0.1, -0.05) is 36.4 Å². The first-order valence-corrected chi connectivity index (χ1v) is 9.87. The van der Waals surface area contributed by atoms with Crippen molar-refractivity contribution in [3.8, 4) is 0 Å². The smallest absolute Gasteiger partial charge is 0.244 e. The van der Waals surface area contributed by atoms with Gasteiger partial charge in [-0.05, 0) is 56.1 Å². The lowest BCUT2D eigenvalue weighted by Crippen LogP contribution is -2.50. The molecule has 2 atom stereocenters. The zero-order chi connectivity index (χ0) is 19.7. The fourth-order valence-corrected chi connectivity index (χ4v) is 4.35. The average Bonchev–Trinajstić information content (AvgIpc) is 3.09. The maximum atomic E-state index is 13.3. The van der Waals surface area contributed by atoms with Gasteiger partial charge in [0.15, 0.2) is 0 Å². The van der Waals surface area contributed by atoms with Crippen LogP contribution in [0.15, 0.2) is 54.7 Å². The molecule has 0 radical (unpaired) electrons. The van der Waals surface area contributed by atoms with Crippen molar-refractivity contribution in [3.63, 3.8) is 0 Å². The van der Waals surface area contributed by atoms with Gasteiger partial charge in [-0.25, -0.2) is 0 Å². The third kappa shape index (κ3) is 3.68. The molecule has 28 heavy (non-hydrogen) atoms. The molecule has 0 aliphatic carbocycles. The minimum absolute atomic E-state index is 0.00110. The Hall–Kier alpha value is -2.63. The van der Waals surface area contributed by atoms with Crippen molar-refractivity contribution >= 4 is 22.5 Å². The summed E-state index contributed by atoms with van der Waals surface area (Å²) in [7, 11) is 4.16. The Bertz CT molecular complexity index is 977. The zero-order valence-corrected chi connectivity index (χ0v) is 16.6. The highest BCUT2D eigenvalue weighted by molar-refractivity contribution is 5.98. The van der Waals surface area contributed by atoms with Crippen LogP contribution in [0.25, 0.3) is 10.9 Å². The topological polar surface area (TPSA) is 65.4 Å². The molecule has 0 fully saturated rings. The number of nitrogens with two attached hydrogens (primary N) is 1. The van der Waals surface area contributed by atoms with Gasteiger partial charge in [0.05, 0.1) is 6.04 Å². The molecule has 1 aliphatic heterocycles. The molecule has 5 heteroatoms. The lowest BCUT2D eigenvalue weighted by atomic mass is 9.91. The van der Waals surface area contributed by atoms with E-state index in [2.05, 4.69) is 36.1 Å². The van der Waals surface area contributed by atoms with Crippen molar-refractivity contribution in [2.24, 2.45) is 11.7 Å². The lowest BCUT2D eigenvalue weighted by molar-refractivity contribution is -0.120. The van der Waals surface area contributed by atoms with Crippen molar-refractivity contribution < 1.29 is 4.79 Å². The SMILES string of the molecule is CN(C)C[C@@H]1Cc2ccccc2N(C(=O)[C@H](N)Cc2c[nH]c3ccccc23)C1. The molecule has 0 bridgehead atoms. The standard InChI is InChI=1S/C23H28N4O/c1-26(2)14-16-11-17-7-3-6-10-22(17)27(15-16)23(28)20(24)12-18-13-25-21-9-5-4-8-19(18)21/h3-10,13,16,20,25H,11-12,14-15,24H2,1-2H3/t16-,20+/m0/s1. The number of fused-ring (bicyclic) bond motifs is 2. The highest BCUT2D eigenvalue weighted by Gasteiger charge is 2.31. The molecular formula is C23H28N4O. The van der Waals surface area contributed by atoms with E-state index in [0.717, 1.165) is 41.7 Å². The molecule has 0 unspecified atom stereocenters. The molecule has 1 amide bonds. The van der Waals surface area contributed by atoms with Gasteiger partial charge in [-0.15, -0.1) is 0 Å². The van der Waals surface area contributed by atoms with E-state index in [9.17, 15) is 4.79 Å². The highest BCUT2D eigenvalue weighted by Crippen LogP contribution is 2.30. The number of anilines is 1. The highest BCUT2D eigenvalue weighted by atomic mass is 16.2. The molecule has 2 heterocycles. The summed E-state index contributed by atoms with van der Waals surface area (Å²) < 4.78 is 0. The number of benzene rings is 2. The van der Waals surface area contributed by atoms with Gasteiger partial charge in [-0.3, -0.25) is 4.79 Å². The normalized spacial score (nSPS) is 17.7. The maximum absolute atomic E-state index is 13.3. The number of nitrogens with zero attached hydrogens (tertiary/aromatic N) is 2. The van der Waals surface area contributed by atoms with Crippen LogP contribution in [-0.4, -0.2) is 49.0 Å². The molecule has 0 saturated carbocycles. The van der Waals surface area contributed by atoms with Crippen LogP contribution in [0, 0.1) is 5.92 Å². The summed E-state index contributed by atoms with van der Waals surface area (Å²) in [6.07, 6.45) is 3.49. The number of rotatable bonds is 5. The Morgan fingerprint density at radius 1 is 1.21 bits per heavy atom. The van der Waals surface area contributed by atoms with Crippen molar-refractivity contribution in [3.05, 3.63) is 65.9 Å². The summed E-state index contributed by atoms with van der Waals surface area (Å²) >= 11 is 0. The molecule has 1 aliphatic rings. The van der Waals surface area contributed by atoms with Crippen LogP contribution < -0.4 is 10.6 Å². The Kier molecular flexibility index (Phi) is 5.20. The average molecular weight is 377 g/mol. The number of hydrogen-bond acceptors (Lipinski definition) is 3. The summed E-state index contributed by atoms with van der Waals surface area (Å²) in [5.74, 6) is 0.412. The van der Waals surface area contributed by atoms with Crippen LogP contribution in [0.4, 0.5) is 5.69 Å². The number of nitrogens with one attached hydrogen (secondary N) is 1. The van der Waals surface area contributed by atoms with Gasteiger partial charge in [0, 0.05) is 35.9 Å². The Labute approximate surface area is 166 Å². The lowest BCUT2D eigenvalue weighted by Gasteiger charge is -2.37. The molecule has 4 rings (SSSR count). The minimum atomic E-state index is -0.564. The largest absolute Gasteiger partial charge is 0.361 e. The number of aromatic amines is 1. The molecule has 3 N–H and O–H groups in total. The summed E-state index contributed by atoms with van der Waals surface area (Å²) in [4.78, 5) is 20.7. The van der Waals surface area contributed by atoms with Gasteiger partial charge < -0.3 is 20.5 Å². The Morgan fingerprint density at radius 3 is 2.79 bits per heavy atom. The van der Waals surface area contributed by atoms with E-state index in [1.165, 1.54) is 5.56 Å². The van der Waals surface area contributed by atoms with Crippen molar-refractivity contribution in [2.75, 3.05) is 32.1 Å². The monoisotopic (exact) mass is 376 g/mol. The zero-order valence-electron chi connectivity index (χ0n) is 16.6. The third-order valence-electron chi connectivity index (χ3n) is 5.55. The van der Waals surface area contributed by atoms with Crippen LogP contribution >= 0.6 is 0 Å². The second-order valence-electron chi connectivity index (χ2n) is 8.08. The first-order chi connectivity index (χ1) is 13.5. The number of amides is 1. The molecule has 1 aromatic heterocycles. The van der Waals surface area contributed by atoms with Crippen LogP contribution in [0.2, 0.25) is 0 Å². The summed E-state index contributed by atoms with van der Waals surface area (Å²) in [6.45, 7) is 1.67. The second-order valence-corrected chi connectivity index (χ2v) is 8.08. The second kappa shape index (κ2) is 7.78. The van der Waals surface area contributed by atoms with Crippen molar-refractivity contribution in [1.29, 1.82) is 0 Å². The van der Waals surface area contributed by atoms with Crippen LogP contribution in [0.3, 0.4) is 0 Å². The van der Waals surface area contributed by atoms with E-state index in [-0.39, 0.29) is 5.91 Å². The van der Waals surface area contributed by atoms with Crippen molar-refractivity contribution in [1.82, 2.24) is 9.88 Å². The number of carbonyl (C=O) groups is 1. The fraction of sp³-hybridized carbons (Fsp3) is 0.348. The minimum Gasteiger partial charge on any atom is -0.361 e. The molecular weight excluding hydrogens is 348 g/mol. The Morgan fingerprint density at radius 2 is 1.96 bits per heavy atom. The van der Waals surface area contributed by atoms with Crippen molar-refractivity contribution in [2.45, 2.75) is 18.9 Å². The number of carbonyl (C=O) groups excluding carboxylic acids is 1. The molecule has 0 spiro atoms. The molecule has 2 aromatic carbocycles. The van der Waals surface area contributed by atoms with E-state index in [1.807, 2.05) is 47.5 Å². The van der Waals surface area contributed by atoms with E-state index in [1.54, 1.807) is 0 Å². The van der Waals surface area contributed by atoms with Gasteiger partial charge >= 0.3 is 0 Å². The first-order valence-electron chi connectivity index (χ1n) is 9.87. The number of aromatic nitrogens is 1. The summed E-state index contributed by atoms with van der Waals surface area (Å²) in [5.41, 5.74) is 10.8. The van der Waals surface area contributed by atoms with Crippen LogP contribution in [0.1, 0.15) is 11.1 Å². The van der Waals surface area contributed by atoms with E-state index < -0.39 is 6.04 Å². The van der Waals surface area contributed by atoms with Crippen LogP contribution in [-0.2, 0) is 17.6 Å². The van der Waals surface area contributed by atoms with Gasteiger partial charge in [-0.2, -0.15) is 0 Å². The van der Waals surface area contributed by atoms with E-state index in [0.29, 0.717) is 12.3 Å². The number of para-hydroxylation sites is 2. The third-order valence-corrected chi connectivity index (χ3v) is 5.55. The summed E-state index contributed by atoms with van der Waals surface area (Å²) in [6, 6.07) is 15.8.